The van der Waals surface area contributed by atoms with Crippen LogP contribution in [0, 0.1) is 17.0 Å². The number of aryl methyl sites for hydroxylation is 1. The van der Waals surface area contributed by atoms with Crippen LogP contribution in [-0.2, 0) is 21.4 Å². The van der Waals surface area contributed by atoms with Crippen molar-refractivity contribution in [1.82, 2.24) is 5.32 Å². The molecule has 0 aliphatic heterocycles. The van der Waals surface area contributed by atoms with Gasteiger partial charge in [-0.1, -0.05) is 42.8 Å². The third-order valence-electron chi connectivity index (χ3n) is 4.21. The number of benzene rings is 2. The van der Waals surface area contributed by atoms with Gasteiger partial charge in [-0.2, -0.15) is 0 Å². The first-order valence-corrected chi connectivity index (χ1v) is 10.6. The Hall–Kier alpha value is -2.94. The Balaban J connectivity index is 2.29. The Morgan fingerprint density at radius 2 is 1.86 bits per heavy atom. The minimum Gasteiger partial charge on any atom is -0.350 e. The normalized spacial score (nSPS) is 12.2. The molecule has 0 aliphatic carbocycles. The highest BCUT2D eigenvalue weighted by Crippen LogP contribution is 2.26. The van der Waals surface area contributed by atoms with Crippen molar-refractivity contribution < 1.29 is 18.1 Å². The van der Waals surface area contributed by atoms with E-state index in [2.05, 4.69) is 5.32 Å². The highest BCUT2D eigenvalue weighted by molar-refractivity contribution is 7.92. The molecule has 8 nitrogen and oxygen atoms in total. The fraction of sp³-hybridized carbons (Fsp3) is 0.316. The summed E-state index contributed by atoms with van der Waals surface area (Å²) < 4.78 is 25.7. The average molecular weight is 405 g/mol. The smallest absolute Gasteiger partial charge is 0.271 e. The molecule has 2 rings (SSSR count). The third-order valence-corrected chi connectivity index (χ3v) is 5.39. The van der Waals surface area contributed by atoms with Crippen molar-refractivity contribution in [2.45, 2.75) is 32.9 Å². The molecule has 1 atom stereocenters. The van der Waals surface area contributed by atoms with Crippen molar-refractivity contribution in [3.05, 3.63) is 69.8 Å². The molecule has 2 aromatic carbocycles. The predicted octanol–water partition coefficient (Wildman–Crippen LogP) is 2.76. The van der Waals surface area contributed by atoms with Gasteiger partial charge in [0.1, 0.15) is 6.04 Å². The standard InChI is InChI=1S/C19H23N3O5S/c1-4-18(19(23)20-13-15-10-8-14(2)9-11-15)21(28(3,26)27)16-6-5-7-17(12-16)22(24)25/h5-12,18H,4,13H2,1-3H3,(H,20,23)/t18-/m0/s1. The van der Waals surface area contributed by atoms with Crippen LogP contribution in [0.15, 0.2) is 48.5 Å². The first kappa shape index (κ1) is 21.4. The van der Waals surface area contributed by atoms with Gasteiger partial charge < -0.3 is 5.32 Å². The minimum absolute atomic E-state index is 0.0778. The molecule has 0 aromatic heterocycles. The van der Waals surface area contributed by atoms with Gasteiger partial charge in [0.15, 0.2) is 0 Å². The first-order chi connectivity index (χ1) is 13.1. The molecular formula is C19H23N3O5S. The van der Waals surface area contributed by atoms with Crippen molar-refractivity contribution in [3.63, 3.8) is 0 Å². The van der Waals surface area contributed by atoms with E-state index in [1.165, 1.54) is 18.2 Å². The van der Waals surface area contributed by atoms with Crippen LogP contribution in [0.2, 0.25) is 0 Å². The van der Waals surface area contributed by atoms with E-state index in [9.17, 15) is 23.3 Å². The Kier molecular flexibility index (Phi) is 6.74. The summed E-state index contributed by atoms with van der Waals surface area (Å²) >= 11 is 0. The monoisotopic (exact) mass is 405 g/mol. The second-order valence-electron chi connectivity index (χ2n) is 6.46. The predicted molar refractivity (Wildman–Crippen MR) is 108 cm³/mol. The maximum Gasteiger partial charge on any atom is 0.271 e. The van der Waals surface area contributed by atoms with E-state index in [0.29, 0.717) is 0 Å². The van der Waals surface area contributed by atoms with Crippen molar-refractivity contribution >= 4 is 27.3 Å². The number of nitro benzene ring substituents is 1. The average Bonchev–Trinajstić information content (AvgIpc) is 2.64. The molecule has 28 heavy (non-hydrogen) atoms. The zero-order valence-electron chi connectivity index (χ0n) is 16.0. The highest BCUT2D eigenvalue weighted by atomic mass is 32.2. The topological polar surface area (TPSA) is 110 Å². The molecule has 0 heterocycles. The van der Waals surface area contributed by atoms with E-state index in [1.54, 1.807) is 6.92 Å². The van der Waals surface area contributed by atoms with Gasteiger partial charge in [0.2, 0.25) is 15.9 Å². The number of hydrogen-bond acceptors (Lipinski definition) is 5. The zero-order chi connectivity index (χ0) is 20.9. The summed E-state index contributed by atoms with van der Waals surface area (Å²) in [6, 6.07) is 11.8. The summed E-state index contributed by atoms with van der Waals surface area (Å²) in [6.45, 7) is 3.90. The van der Waals surface area contributed by atoms with Crippen LogP contribution < -0.4 is 9.62 Å². The lowest BCUT2D eigenvalue weighted by Gasteiger charge is -2.30. The molecule has 0 unspecified atom stereocenters. The largest absolute Gasteiger partial charge is 0.350 e. The molecule has 0 saturated heterocycles. The number of carbonyl (C=O) groups is 1. The summed E-state index contributed by atoms with van der Waals surface area (Å²) in [5.41, 5.74) is 1.81. The van der Waals surface area contributed by atoms with Crippen LogP contribution in [-0.4, -0.2) is 31.5 Å². The summed E-state index contributed by atoms with van der Waals surface area (Å²) in [5.74, 6) is -0.472. The Morgan fingerprint density at radius 3 is 2.39 bits per heavy atom. The Morgan fingerprint density at radius 1 is 1.21 bits per heavy atom. The van der Waals surface area contributed by atoms with Gasteiger partial charge in [-0.3, -0.25) is 19.2 Å². The maximum absolute atomic E-state index is 12.7. The molecular weight excluding hydrogens is 382 g/mol. The van der Waals surface area contributed by atoms with Crippen LogP contribution in [0.5, 0.6) is 0 Å². The lowest BCUT2D eigenvalue weighted by atomic mass is 10.1. The third kappa shape index (κ3) is 5.29. The van der Waals surface area contributed by atoms with Crippen LogP contribution in [0.1, 0.15) is 24.5 Å². The van der Waals surface area contributed by atoms with Crippen LogP contribution >= 0.6 is 0 Å². The highest BCUT2D eigenvalue weighted by Gasteiger charge is 2.32. The number of anilines is 1. The zero-order valence-corrected chi connectivity index (χ0v) is 16.8. The van der Waals surface area contributed by atoms with Crippen molar-refractivity contribution in [3.8, 4) is 0 Å². The van der Waals surface area contributed by atoms with Gasteiger partial charge in [0.25, 0.3) is 5.69 Å². The van der Waals surface area contributed by atoms with Gasteiger partial charge in [0.05, 0.1) is 16.9 Å². The van der Waals surface area contributed by atoms with E-state index in [1.807, 2.05) is 31.2 Å². The number of rotatable bonds is 8. The molecule has 9 heteroatoms. The van der Waals surface area contributed by atoms with E-state index >= 15 is 0 Å². The fourth-order valence-corrected chi connectivity index (χ4v) is 4.02. The summed E-state index contributed by atoms with van der Waals surface area (Å²) in [5, 5.41) is 13.8. The SMILES string of the molecule is CC[C@@H](C(=O)NCc1ccc(C)cc1)N(c1cccc([N+](=O)[O-])c1)S(C)(=O)=O. The molecule has 0 saturated carbocycles. The Labute approximate surface area is 164 Å². The molecule has 0 spiro atoms. The van der Waals surface area contributed by atoms with E-state index in [4.69, 9.17) is 0 Å². The number of carbonyl (C=O) groups excluding carboxylic acids is 1. The summed E-state index contributed by atoms with van der Waals surface area (Å²) in [7, 11) is -3.86. The number of non-ortho nitro benzene ring substituents is 1. The number of nitro groups is 1. The van der Waals surface area contributed by atoms with Gasteiger partial charge in [-0.05, 0) is 25.0 Å². The lowest BCUT2D eigenvalue weighted by molar-refractivity contribution is -0.384. The second-order valence-corrected chi connectivity index (χ2v) is 8.32. The molecule has 1 N–H and O–H groups in total. The quantitative estimate of drug-likeness (QED) is 0.536. The number of amides is 1. The van der Waals surface area contributed by atoms with Crippen molar-refractivity contribution in [1.29, 1.82) is 0 Å². The Bertz CT molecular complexity index is 958. The van der Waals surface area contributed by atoms with Gasteiger partial charge >= 0.3 is 0 Å². The van der Waals surface area contributed by atoms with Crippen molar-refractivity contribution in [2.75, 3.05) is 10.6 Å². The van der Waals surface area contributed by atoms with E-state index in [-0.39, 0.29) is 24.3 Å². The molecule has 0 radical (unpaired) electrons. The number of hydrogen-bond donors (Lipinski definition) is 1. The molecule has 150 valence electrons. The maximum atomic E-state index is 12.7. The summed E-state index contributed by atoms with van der Waals surface area (Å²) in [6.07, 6.45) is 1.18. The second kappa shape index (κ2) is 8.83. The number of sulfonamides is 1. The van der Waals surface area contributed by atoms with E-state index in [0.717, 1.165) is 27.8 Å². The molecule has 2 aromatic rings. The van der Waals surface area contributed by atoms with Gasteiger partial charge in [0, 0.05) is 18.7 Å². The van der Waals surface area contributed by atoms with E-state index < -0.39 is 26.9 Å². The van der Waals surface area contributed by atoms with Gasteiger partial charge in [-0.15, -0.1) is 0 Å². The first-order valence-electron chi connectivity index (χ1n) is 8.70. The molecule has 0 fully saturated rings. The number of nitrogens with zero attached hydrogens (tertiary/aromatic N) is 2. The molecule has 0 aliphatic rings. The van der Waals surface area contributed by atoms with Gasteiger partial charge in [-0.25, -0.2) is 8.42 Å². The van der Waals surface area contributed by atoms with Crippen LogP contribution in [0.4, 0.5) is 11.4 Å². The fourth-order valence-electron chi connectivity index (χ4n) is 2.82. The number of nitrogens with one attached hydrogen (secondary N) is 1. The lowest BCUT2D eigenvalue weighted by Crippen LogP contribution is -2.49. The molecule has 1 amide bonds. The van der Waals surface area contributed by atoms with Crippen LogP contribution in [0.3, 0.4) is 0 Å². The molecule has 0 bridgehead atoms. The minimum atomic E-state index is -3.86. The summed E-state index contributed by atoms with van der Waals surface area (Å²) in [4.78, 5) is 23.2. The van der Waals surface area contributed by atoms with Crippen LogP contribution in [0.25, 0.3) is 0 Å². The van der Waals surface area contributed by atoms with Crippen molar-refractivity contribution in [2.24, 2.45) is 0 Å².